The van der Waals surface area contributed by atoms with Crippen LogP contribution in [0.15, 0.2) is 91.0 Å². The van der Waals surface area contributed by atoms with E-state index in [4.69, 9.17) is 71.1 Å². The Morgan fingerprint density at radius 1 is 0.342 bits per heavy atom. The van der Waals surface area contributed by atoms with Crippen LogP contribution < -0.4 is 0 Å². The minimum Gasteiger partial charge on any atom is -0.463 e. The van der Waals surface area contributed by atoms with E-state index >= 15 is 0 Å². The quantitative estimate of drug-likeness (QED) is 0.125. The molecule has 0 bridgehead atoms. The second kappa shape index (κ2) is 28.1. The Hall–Kier alpha value is -7.88. The molecule has 3 aromatic rings. The molecule has 3 aromatic carbocycles. The second-order valence-electron chi connectivity index (χ2n) is 17.8. The summed E-state index contributed by atoms with van der Waals surface area (Å²) in [6.07, 6.45) is -28.6. The van der Waals surface area contributed by atoms with Crippen molar-refractivity contribution in [2.24, 2.45) is 0 Å². The lowest BCUT2D eigenvalue weighted by molar-refractivity contribution is -0.377. The van der Waals surface area contributed by atoms with Gasteiger partial charge in [0.25, 0.3) is 0 Å². The largest absolute Gasteiger partial charge is 0.463 e. The fraction of sp³-hybridized carbons (Fsp3) is 0.472. The standard InChI is InChI=1S/C53H58O26/c1-26(54)65-23-37-39(68-28(3)56)43(69-29(4)57)46(71-31(6)59)52(74-37)79-41-38(24-66-27(2)55)75-53(47(72-32(7)60)44(41)70-30(5)58)78-40-36(25-67-48(61)33-17-11-8-12-18-33)73-51(64)45(77-50(63)35-21-15-10-16-22-35)42(40)76-49(62)34-19-13-9-14-20-34/h8-22,36-47,51-53,64H,23-25H2,1-7H3/t36-,37-,38-,39+,40-,41-,42+,43+,44+,45-,46-,47-,51-,52+,53+/m1/s1. The molecule has 26 heteroatoms. The van der Waals surface area contributed by atoms with E-state index in [2.05, 4.69) is 0 Å². The van der Waals surface area contributed by atoms with Gasteiger partial charge >= 0.3 is 59.7 Å². The maximum absolute atomic E-state index is 14.1. The zero-order valence-corrected chi connectivity index (χ0v) is 43.6. The molecule has 0 radical (unpaired) electrons. The van der Waals surface area contributed by atoms with Crippen LogP contribution in [0.4, 0.5) is 0 Å². The van der Waals surface area contributed by atoms with Crippen LogP contribution in [0.2, 0.25) is 0 Å². The molecule has 3 aliphatic rings. The van der Waals surface area contributed by atoms with Gasteiger partial charge < -0.3 is 76.2 Å². The van der Waals surface area contributed by atoms with Crippen LogP contribution in [0, 0.1) is 0 Å². The lowest BCUT2D eigenvalue weighted by atomic mass is 9.95. The number of carbonyl (C=O) groups is 10. The Balaban J connectivity index is 1.49. The van der Waals surface area contributed by atoms with E-state index < -0.39 is 172 Å². The number of ether oxygens (including phenoxy) is 15. The average molecular weight is 1110 g/mol. The molecule has 3 fully saturated rings. The third-order valence-electron chi connectivity index (χ3n) is 11.7. The number of rotatable bonds is 20. The highest BCUT2D eigenvalue weighted by Crippen LogP contribution is 2.38. The molecule has 0 amide bonds. The van der Waals surface area contributed by atoms with E-state index in [1.165, 1.54) is 60.7 Å². The number of carbonyl (C=O) groups excluding carboxylic acids is 10. The lowest BCUT2D eigenvalue weighted by Crippen LogP contribution is -2.68. The summed E-state index contributed by atoms with van der Waals surface area (Å²) in [5.74, 6) is -9.92. The van der Waals surface area contributed by atoms with Gasteiger partial charge in [-0.15, -0.1) is 0 Å². The maximum atomic E-state index is 14.1. The Bertz CT molecular complexity index is 2630. The molecule has 1 N–H and O–H groups in total. The van der Waals surface area contributed by atoms with Crippen molar-refractivity contribution in [3.05, 3.63) is 108 Å². The van der Waals surface area contributed by atoms with E-state index in [9.17, 15) is 53.1 Å². The molecule has 0 unspecified atom stereocenters. The molecular weight excluding hydrogens is 1050 g/mol. The summed E-state index contributed by atoms with van der Waals surface area (Å²) in [4.78, 5) is 130. The Morgan fingerprint density at radius 2 is 0.646 bits per heavy atom. The first kappa shape index (κ1) is 60.4. The average Bonchev–Trinajstić information content (AvgIpc) is 3.42. The van der Waals surface area contributed by atoms with Crippen LogP contribution in [0.25, 0.3) is 0 Å². The van der Waals surface area contributed by atoms with Crippen LogP contribution in [-0.4, -0.2) is 177 Å². The zero-order chi connectivity index (χ0) is 57.5. The van der Waals surface area contributed by atoms with E-state index in [0.717, 1.165) is 48.5 Å². The summed E-state index contributed by atoms with van der Waals surface area (Å²) in [5, 5.41) is 11.7. The summed E-state index contributed by atoms with van der Waals surface area (Å²) >= 11 is 0. The topological polar surface area (TPSA) is 329 Å². The summed E-state index contributed by atoms with van der Waals surface area (Å²) in [7, 11) is 0. The first-order valence-corrected chi connectivity index (χ1v) is 24.4. The molecule has 79 heavy (non-hydrogen) atoms. The second-order valence-corrected chi connectivity index (χ2v) is 17.8. The van der Waals surface area contributed by atoms with Crippen molar-refractivity contribution in [3.63, 3.8) is 0 Å². The predicted molar refractivity (Wildman–Crippen MR) is 257 cm³/mol. The van der Waals surface area contributed by atoms with Crippen molar-refractivity contribution in [1.82, 2.24) is 0 Å². The normalized spacial score (nSPS) is 28.2. The molecule has 3 aliphatic heterocycles. The summed E-state index contributed by atoms with van der Waals surface area (Å²) < 4.78 is 87.9. The predicted octanol–water partition coefficient (Wildman–Crippen LogP) is 2.02. The van der Waals surface area contributed by atoms with Gasteiger partial charge in [-0.2, -0.15) is 0 Å². The van der Waals surface area contributed by atoms with Crippen molar-refractivity contribution < 1.29 is 124 Å². The first-order chi connectivity index (χ1) is 37.6. The molecule has 3 heterocycles. The number of esters is 10. The molecule has 26 nitrogen and oxygen atoms in total. The van der Waals surface area contributed by atoms with Crippen LogP contribution in [0.5, 0.6) is 0 Å². The summed E-state index contributed by atoms with van der Waals surface area (Å²) in [6, 6.07) is 22.5. The fourth-order valence-electron chi connectivity index (χ4n) is 8.54. The van der Waals surface area contributed by atoms with Gasteiger partial charge in [0, 0.05) is 48.5 Å². The minimum atomic E-state index is -2.16. The highest BCUT2D eigenvalue weighted by molar-refractivity contribution is 5.91. The Labute approximate surface area is 450 Å². The van der Waals surface area contributed by atoms with Gasteiger partial charge in [0.05, 0.1) is 16.7 Å². The smallest absolute Gasteiger partial charge is 0.338 e. The van der Waals surface area contributed by atoms with E-state index in [1.807, 2.05) is 0 Å². The van der Waals surface area contributed by atoms with Gasteiger partial charge in [-0.05, 0) is 36.4 Å². The molecular formula is C53H58O26. The van der Waals surface area contributed by atoms with E-state index in [0.29, 0.717) is 0 Å². The zero-order valence-electron chi connectivity index (χ0n) is 43.6. The van der Waals surface area contributed by atoms with Crippen molar-refractivity contribution in [2.75, 3.05) is 19.8 Å². The minimum absolute atomic E-state index is 0.0232. The lowest BCUT2D eigenvalue weighted by Gasteiger charge is -2.50. The molecule has 0 saturated carbocycles. The number of benzene rings is 3. The number of aliphatic hydroxyl groups is 1. The van der Waals surface area contributed by atoms with Gasteiger partial charge in [0.15, 0.2) is 61.6 Å². The van der Waals surface area contributed by atoms with Crippen LogP contribution in [-0.2, 0) is 105 Å². The molecule has 0 aromatic heterocycles. The Kier molecular flexibility index (Phi) is 21.5. The summed E-state index contributed by atoms with van der Waals surface area (Å²) in [5.41, 5.74) is 0.00140. The maximum Gasteiger partial charge on any atom is 0.338 e. The van der Waals surface area contributed by atoms with Crippen LogP contribution >= 0.6 is 0 Å². The SMILES string of the molecule is CC(=O)OC[C@H]1O[C@@H](O[C@H]2[C@H](OC(C)=O)[C@@H](OC(C)=O)[C@H](O[C@H]3[C@H](OC(=O)c4ccccc4)[C@@H](OC(=O)c4ccccc4)[C@H](O)O[C@@H]3COC(=O)c3ccccc3)O[C@@H]2COC(C)=O)[C@H](OC(C)=O)[C@@H](OC(C)=O)[C@H]1OC(C)=O. The molecule has 15 atom stereocenters. The van der Waals surface area contributed by atoms with Crippen molar-refractivity contribution in [3.8, 4) is 0 Å². The first-order valence-electron chi connectivity index (χ1n) is 24.4. The van der Waals surface area contributed by atoms with Gasteiger partial charge in [-0.3, -0.25) is 33.6 Å². The Morgan fingerprint density at radius 3 is 1.04 bits per heavy atom. The highest BCUT2D eigenvalue weighted by atomic mass is 16.8. The van der Waals surface area contributed by atoms with E-state index in [1.54, 1.807) is 30.3 Å². The van der Waals surface area contributed by atoms with Crippen molar-refractivity contribution in [1.29, 1.82) is 0 Å². The molecule has 0 aliphatic carbocycles. The van der Waals surface area contributed by atoms with Gasteiger partial charge in [-0.25, -0.2) is 14.4 Å². The van der Waals surface area contributed by atoms with Gasteiger partial charge in [-0.1, -0.05) is 54.6 Å². The fourth-order valence-corrected chi connectivity index (χ4v) is 8.54. The molecule has 426 valence electrons. The van der Waals surface area contributed by atoms with Crippen LogP contribution in [0.3, 0.4) is 0 Å². The number of hydrogen-bond donors (Lipinski definition) is 1. The van der Waals surface area contributed by atoms with E-state index in [-0.39, 0.29) is 16.7 Å². The van der Waals surface area contributed by atoms with Gasteiger partial charge in [0.1, 0.15) is 50.3 Å². The molecule has 6 rings (SSSR count). The third kappa shape index (κ3) is 16.8. The van der Waals surface area contributed by atoms with Gasteiger partial charge in [0.2, 0.25) is 0 Å². The van der Waals surface area contributed by atoms with Crippen molar-refractivity contribution >= 4 is 59.7 Å². The molecule has 0 spiro atoms. The number of aliphatic hydroxyl groups excluding tert-OH is 1. The van der Waals surface area contributed by atoms with Crippen molar-refractivity contribution in [2.45, 2.75) is 141 Å². The highest BCUT2D eigenvalue weighted by Gasteiger charge is 2.60. The third-order valence-corrected chi connectivity index (χ3v) is 11.7. The summed E-state index contributed by atoms with van der Waals surface area (Å²) in [6.45, 7) is 4.55. The monoisotopic (exact) mass is 1110 g/mol. The van der Waals surface area contributed by atoms with Crippen LogP contribution in [0.1, 0.15) is 79.5 Å². The molecule has 3 saturated heterocycles. The number of hydrogen-bond acceptors (Lipinski definition) is 26.